The van der Waals surface area contributed by atoms with Crippen LogP contribution < -0.4 is 5.30 Å². The summed E-state index contributed by atoms with van der Waals surface area (Å²) in [6, 6.07) is 4.92. The summed E-state index contributed by atoms with van der Waals surface area (Å²) >= 11 is 0. The minimum absolute atomic E-state index is 0.0440. The van der Waals surface area contributed by atoms with Gasteiger partial charge in [0.1, 0.15) is 0 Å². The molecule has 0 heterocycles. The number of benzene rings is 1. The SMILES string of the molecule is C=Cc1ccc(C)cc1P(=O)(O)O. The number of rotatable bonds is 2. The largest absolute Gasteiger partial charge is 0.356 e. The zero-order valence-electron chi connectivity index (χ0n) is 7.27. The summed E-state index contributed by atoms with van der Waals surface area (Å²) in [5, 5.41) is 0.0440. The first-order valence-corrected chi connectivity index (χ1v) is 5.35. The molecule has 0 unspecified atom stereocenters. The van der Waals surface area contributed by atoms with Gasteiger partial charge in [0.25, 0.3) is 0 Å². The fourth-order valence-corrected chi connectivity index (χ4v) is 1.95. The van der Waals surface area contributed by atoms with E-state index in [2.05, 4.69) is 6.58 Å². The molecule has 4 heteroatoms. The molecule has 0 aliphatic heterocycles. The maximum atomic E-state index is 11.0. The third-order valence-corrected chi connectivity index (χ3v) is 2.73. The first-order chi connectivity index (χ1) is 5.95. The molecule has 13 heavy (non-hydrogen) atoms. The van der Waals surface area contributed by atoms with Crippen LogP contribution in [-0.4, -0.2) is 9.79 Å². The molecule has 0 amide bonds. The molecule has 0 atom stereocenters. The Labute approximate surface area is 76.9 Å². The van der Waals surface area contributed by atoms with Crippen LogP contribution in [0.15, 0.2) is 24.8 Å². The van der Waals surface area contributed by atoms with Crippen molar-refractivity contribution in [2.45, 2.75) is 6.92 Å². The van der Waals surface area contributed by atoms with Gasteiger partial charge in [0.2, 0.25) is 0 Å². The Kier molecular flexibility index (Phi) is 2.71. The van der Waals surface area contributed by atoms with Crippen molar-refractivity contribution in [3.63, 3.8) is 0 Å². The highest BCUT2D eigenvalue weighted by molar-refractivity contribution is 7.60. The second-order valence-corrected chi connectivity index (χ2v) is 4.38. The molecule has 0 saturated carbocycles. The van der Waals surface area contributed by atoms with Gasteiger partial charge in [-0.3, -0.25) is 4.57 Å². The lowest BCUT2D eigenvalue weighted by atomic mass is 10.1. The van der Waals surface area contributed by atoms with Gasteiger partial charge >= 0.3 is 7.60 Å². The van der Waals surface area contributed by atoms with Gasteiger partial charge in [-0.25, -0.2) is 0 Å². The molecule has 0 bridgehead atoms. The van der Waals surface area contributed by atoms with Gasteiger partial charge < -0.3 is 9.79 Å². The molecular weight excluding hydrogens is 187 g/mol. The van der Waals surface area contributed by atoms with Gasteiger partial charge in [-0.2, -0.15) is 0 Å². The van der Waals surface area contributed by atoms with Crippen molar-refractivity contribution in [2.75, 3.05) is 0 Å². The number of aryl methyl sites for hydroxylation is 1. The van der Waals surface area contributed by atoms with Crippen LogP contribution in [-0.2, 0) is 4.57 Å². The number of hydrogen-bond donors (Lipinski definition) is 2. The predicted octanol–water partition coefficient (Wildman–Crippen LogP) is 1.44. The molecule has 70 valence electrons. The van der Waals surface area contributed by atoms with Crippen LogP contribution >= 0.6 is 7.60 Å². The molecule has 1 rings (SSSR count). The van der Waals surface area contributed by atoms with Crippen molar-refractivity contribution in [2.24, 2.45) is 0 Å². The topological polar surface area (TPSA) is 57.5 Å². The van der Waals surface area contributed by atoms with E-state index in [1.807, 2.05) is 0 Å². The molecular formula is C9H11O3P. The van der Waals surface area contributed by atoms with Crippen molar-refractivity contribution in [3.8, 4) is 0 Å². The molecule has 0 spiro atoms. The van der Waals surface area contributed by atoms with Gasteiger partial charge in [-0.15, -0.1) is 0 Å². The fourth-order valence-electron chi connectivity index (χ4n) is 1.08. The summed E-state index contributed by atoms with van der Waals surface area (Å²) in [5.41, 5.74) is 1.31. The molecule has 0 aliphatic rings. The van der Waals surface area contributed by atoms with Crippen molar-refractivity contribution < 1.29 is 14.4 Å². The minimum Gasteiger partial charge on any atom is -0.321 e. The van der Waals surface area contributed by atoms with Crippen molar-refractivity contribution in [1.29, 1.82) is 0 Å². The third-order valence-electron chi connectivity index (χ3n) is 1.72. The summed E-state index contributed by atoms with van der Waals surface area (Å²) in [4.78, 5) is 18.0. The highest BCUT2D eigenvalue weighted by atomic mass is 31.2. The maximum absolute atomic E-state index is 11.0. The Balaban J connectivity index is 3.41. The van der Waals surface area contributed by atoms with E-state index in [1.165, 1.54) is 12.1 Å². The van der Waals surface area contributed by atoms with Crippen LogP contribution in [0.25, 0.3) is 6.08 Å². The Bertz CT molecular complexity index is 378. The van der Waals surface area contributed by atoms with Crippen molar-refractivity contribution in [3.05, 3.63) is 35.9 Å². The second-order valence-electron chi connectivity index (χ2n) is 2.81. The van der Waals surface area contributed by atoms with Crippen LogP contribution in [0, 0.1) is 6.92 Å². The van der Waals surface area contributed by atoms with Crippen LogP contribution in [0.3, 0.4) is 0 Å². The van der Waals surface area contributed by atoms with Gasteiger partial charge in [0.05, 0.1) is 5.30 Å². The molecule has 0 fully saturated rings. The first kappa shape index (κ1) is 10.2. The summed E-state index contributed by atoms with van der Waals surface area (Å²) in [6.07, 6.45) is 1.44. The normalized spacial score (nSPS) is 11.3. The van der Waals surface area contributed by atoms with Crippen LogP contribution in [0.4, 0.5) is 0 Å². The van der Waals surface area contributed by atoms with E-state index in [-0.39, 0.29) is 5.30 Å². The lowest BCUT2D eigenvalue weighted by Gasteiger charge is -2.08. The molecule has 1 aromatic rings. The smallest absolute Gasteiger partial charge is 0.321 e. The fraction of sp³-hybridized carbons (Fsp3) is 0.111. The lowest BCUT2D eigenvalue weighted by Crippen LogP contribution is -2.08. The average Bonchev–Trinajstić information content (AvgIpc) is 2.03. The Morgan fingerprint density at radius 1 is 1.46 bits per heavy atom. The molecule has 2 N–H and O–H groups in total. The van der Waals surface area contributed by atoms with E-state index in [0.29, 0.717) is 5.56 Å². The van der Waals surface area contributed by atoms with Crippen molar-refractivity contribution in [1.82, 2.24) is 0 Å². The Hall–Kier alpha value is -0.890. The summed E-state index contributed by atoms with van der Waals surface area (Å²) in [5.74, 6) is 0. The second kappa shape index (κ2) is 3.46. The van der Waals surface area contributed by atoms with Gasteiger partial charge in [-0.05, 0) is 18.6 Å². The monoisotopic (exact) mass is 198 g/mol. The van der Waals surface area contributed by atoms with Gasteiger partial charge in [0.15, 0.2) is 0 Å². The first-order valence-electron chi connectivity index (χ1n) is 3.74. The highest BCUT2D eigenvalue weighted by Gasteiger charge is 2.19. The van der Waals surface area contributed by atoms with E-state index in [1.54, 1.807) is 19.1 Å². The van der Waals surface area contributed by atoms with E-state index in [0.717, 1.165) is 5.56 Å². The summed E-state index contributed by atoms with van der Waals surface area (Å²) < 4.78 is 11.0. The maximum Gasteiger partial charge on any atom is 0.356 e. The van der Waals surface area contributed by atoms with E-state index in [4.69, 9.17) is 9.79 Å². The molecule has 0 aliphatic carbocycles. The molecule has 0 saturated heterocycles. The van der Waals surface area contributed by atoms with E-state index in [9.17, 15) is 4.57 Å². The van der Waals surface area contributed by atoms with E-state index >= 15 is 0 Å². The zero-order chi connectivity index (χ0) is 10.1. The van der Waals surface area contributed by atoms with Crippen molar-refractivity contribution >= 4 is 19.0 Å². The average molecular weight is 198 g/mol. The molecule has 1 aromatic carbocycles. The van der Waals surface area contributed by atoms with E-state index < -0.39 is 7.60 Å². The van der Waals surface area contributed by atoms with Gasteiger partial charge in [0, 0.05) is 0 Å². The van der Waals surface area contributed by atoms with Crippen LogP contribution in [0.1, 0.15) is 11.1 Å². The molecule has 0 aromatic heterocycles. The van der Waals surface area contributed by atoms with Gasteiger partial charge in [-0.1, -0.05) is 30.4 Å². The lowest BCUT2D eigenvalue weighted by molar-refractivity contribution is 0.387. The predicted molar refractivity (Wildman–Crippen MR) is 52.9 cm³/mol. The van der Waals surface area contributed by atoms with Crippen LogP contribution in [0.5, 0.6) is 0 Å². The summed E-state index contributed by atoms with van der Waals surface area (Å²) in [6.45, 7) is 5.28. The Morgan fingerprint density at radius 2 is 2.08 bits per heavy atom. The minimum atomic E-state index is -4.17. The number of hydrogen-bond acceptors (Lipinski definition) is 1. The third kappa shape index (κ3) is 2.28. The molecule has 3 nitrogen and oxygen atoms in total. The highest BCUT2D eigenvalue weighted by Crippen LogP contribution is 2.35. The standard InChI is InChI=1S/C9H11O3P/c1-3-8-5-4-7(2)6-9(8)13(10,11)12/h3-6H,1H2,2H3,(H2,10,11,12). The quantitative estimate of drug-likeness (QED) is 0.707. The zero-order valence-corrected chi connectivity index (χ0v) is 8.16. The summed E-state index contributed by atoms with van der Waals surface area (Å²) in [7, 11) is -4.17. The Morgan fingerprint density at radius 3 is 2.54 bits per heavy atom. The molecule has 0 radical (unpaired) electrons. The van der Waals surface area contributed by atoms with Crippen LogP contribution in [0.2, 0.25) is 0 Å².